The van der Waals surface area contributed by atoms with Gasteiger partial charge in [0.05, 0.1) is 23.3 Å². The molecule has 2 saturated carbocycles. The Balaban J connectivity index is 1.65. The first kappa shape index (κ1) is 32.7. The van der Waals surface area contributed by atoms with Gasteiger partial charge in [-0.3, -0.25) is 14.4 Å². The van der Waals surface area contributed by atoms with Crippen LogP contribution in [0.3, 0.4) is 0 Å². The Morgan fingerprint density at radius 3 is 2.45 bits per heavy atom. The number of aliphatic hydroxyl groups excluding tert-OH is 2. The first-order chi connectivity index (χ1) is 20.3. The zero-order valence-corrected chi connectivity index (χ0v) is 26.7. The highest BCUT2D eigenvalue weighted by atomic mass is 127. The Bertz CT molecular complexity index is 1110. The number of benzene rings is 1. The van der Waals surface area contributed by atoms with Crippen molar-refractivity contribution in [3.8, 4) is 11.5 Å². The number of nitrogens with zero attached hydrogens (tertiary/aromatic N) is 1. The summed E-state index contributed by atoms with van der Waals surface area (Å²) >= 11 is 2.06. The zero-order valence-electron chi connectivity index (χ0n) is 24.6. The van der Waals surface area contributed by atoms with Gasteiger partial charge in [0.25, 0.3) is 0 Å². The third-order valence-electron chi connectivity index (χ3n) is 9.00. The number of aldehydes is 1. The van der Waals surface area contributed by atoms with Crippen LogP contribution in [0.2, 0.25) is 0 Å². The van der Waals surface area contributed by atoms with Crippen LogP contribution >= 0.6 is 22.6 Å². The van der Waals surface area contributed by atoms with Crippen molar-refractivity contribution in [1.82, 2.24) is 10.2 Å². The molecule has 3 aliphatic rings. The molecule has 2 amide bonds. The summed E-state index contributed by atoms with van der Waals surface area (Å²) in [5.41, 5.74) is 0.830. The number of halogens is 1. The molecule has 2 fully saturated rings. The van der Waals surface area contributed by atoms with Gasteiger partial charge in [0.2, 0.25) is 11.8 Å². The molecule has 3 aliphatic carbocycles. The topological polar surface area (TPSA) is 125 Å². The third-order valence-corrected chi connectivity index (χ3v) is 9.80. The number of carbonyl (C=O) groups excluding carboxylic acids is 3. The number of nitrogens with one attached hydrogen (secondary N) is 1. The van der Waals surface area contributed by atoms with Gasteiger partial charge in [0.1, 0.15) is 18.5 Å². The van der Waals surface area contributed by atoms with Crippen molar-refractivity contribution >= 4 is 40.7 Å². The molecule has 10 heteroatoms. The first-order valence-electron chi connectivity index (χ1n) is 15.4. The van der Waals surface area contributed by atoms with Crippen LogP contribution in [-0.2, 0) is 9.59 Å². The van der Waals surface area contributed by atoms with E-state index in [0.29, 0.717) is 51.0 Å². The molecular weight excluding hydrogens is 651 g/mol. The van der Waals surface area contributed by atoms with Gasteiger partial charge < -0.3 is 29.9 Å². The standard InChI is InChI=1S/C32H45IN2O7/c1-41-28-16-23(20-37)15-25(33)31(28)42-27-18-24(32(40)34-13-14-36)17-26(30(27)39)35(19-22-9-3-2-4-10-22)29(38)12-11-21-7-5-6-8-21/h15-16,18,20-22,26-27,30,36,39H,2-14,17,19H2,1H3,(H,34,40)/t26-,27+,30+/m1/s1. The van der Waals surface area contributed by atoms with Gasteiger partial charge >= 0.3 is 0 Å². The van der Waals surface area contributed by atoms with Crippen molar-refractivity contribution in [2.24, 2.45) is 11.8 Å². The van der Waals surface area contributed by atoms with Gasteiger partial charge in [0.15, 0.2) is 11.5 Å². The third kappa shape index (κ3) is 8.47. The normalized spacial score (nSPS) is 23.2. The Hall–Kier alpha value is -2.18. The van der Waals surface area contributed by atoms with Crippen LogP contribution in [0.25, 0.3) is 0 Å². The number of hydrogen-bond acceptors (Lipinski definition) is 7. The molecule has 0 saturated heterocycles. The van der Waals surface area contributed by atoms with Crippen LogP contribution in [0.15, 0.2) is 23.8 Å². The number of hydrogen-bond donors (Lipinski definition) is 3. The van der Waals surface area contributed by atoms with Crippen LogP contribution in [0.1, 0.15) is 87.4 Å². The summed E-state index contributed by atoms with van der Waals surface area (Å²) in [6.45, 7) is 0.454. The second-order valence-corrected chi connectivity index (χ2v) is 13.1. The Labute approximate surface area is 262 Å². The lowest BCUT2D eigenvalue weighted by molar-refractivity contribution is -0.140. The monoisotopic (exact) mass is 696 g/mol. The molecule has 0 spiro atoms. The van der Waals surface area contributed by atoms with E-state index < -0.39 is 18.2 Å². The average molecular weight is 697 g/mol. The minimum atomic E-state index is -1.09. The predicted molar refractivity (Wildman–Crippen MR) is 168 cm³/mol. The predicted octanol–water partition coefficient (Wildman–Crippen LogP) is 4.41. The lowest BCUT2D eigenvalue weighted by Crippen LogP contribution is -2.56. The fourth-order valence-corrected chi connectivity index (χ4v) is 7.43. The number of carbonyl (C=O) groups is 3. The Morgan fingerprint density at radius 2 is 1.79 bits per heavy atom. The number of ether oxygens (including phenoxy) is 2. The van der Waals surface area contributed by atoms with Crippen molar-refractivity contribution in [2.75, 3.05) is 26.8 Å². The molecule has 42 heavy (non-hydrogen) atoms. The summed E-state index contributed by atoms with van der Waals surface area (Å²) in [5.74, 6) is 1.28. The number of methoxy groups -OCH3 is 1. The second kappa shape index (κ2) is 16.0. The number of amides is 2. The number of rotatable bonds is 13. The molecular formula is C32H45IN2O7. The molecule has 1 aromatic rings. The smallest absolute Gasteiger partial charge is 0.247 e. The minimum absolute atomic E-state index is 0.0230. The van der Waals surface area contributed by atoms with E-state index in [2.05, 4.69) is 27.9 Å². The molecule has 0 bridgehead atoms. The highest BCUT2D eigenvalue weighted by Crippen LogP contribution is 2.38. The van der Waals surface area contributed by atoms with E-state index in [1.54, 1.807) is 18.2 Å². The van der Waals surface area contributed by atoms with E-state index in [1.807, 2.05) is 4.90 Å². The van der Waals surface area contributed by atoms with Crippen LogP contribution in [0.5, 0.6) is 11.5 Å². The molecule has 0 aliphatic heterocycles. The van der Waals surface area contributed by atoms with Crippen molar-refractivity contribution in [2.45, 2.75) is 95.3 Å². The molecule has 0 heterocycles. The van der Waals surface area contributed by atoms with E-state index in [1.165, 1.54) is 39.2 Å². The van der Waals surface area contributed by atoms with Gasteiger partial charge in [-0.1, -0.05) is 44.9 Å². The lowest BCUT2D eigenvalue weighted by Gasteiger charge is -2.42. The molecule has 3 atom stereocenters. The Kier molecular flexibility index (Phi) is 12.5. The van der Waals surface area contributed by atoms with E-state index in [-0.39, 0.29) is 31.4 Å². The highest BCUT2D eigenvalue weighted by Gasteiger charge is 2.41. The highest BCUT2D eigenvalue weighted by molar-refractivity contribution is 14.1. The number of aliphatic hydroxyl groups is 2. The van der Waals surface area contributed by atoms with Gasteiger partial charge in [0, 0.05) is 37.1 Å². The molecule has 0 radical (unpaired) electrons. The van der Waals surface area contributed by atoms with Crippen molar-refractivity contribution in [3.63, 3.8) is 0 Å². The fourth-order valence-electron chi connectivity index (χ4n) is 6.68. The van der Waals surface area contributed by atoms with E-state index in [4.69, 9.17) is 9.47 Å². The quantitative estimate of drug-likeness (QED) is 0.206. The summed E-state index contributed by atoms with van der Waals surface area (Å²) in [4.78, 5) is 40.4. The van der Waals surface area contributed by atoms with Crippen molar-refractivity contribution in [1.29, 1.82) is 0 Å². The van der Waals surface area contributed by atoms with Crippen LogP contribution < -0.4 is 14.8 Å². The summed E-state index contributed by atoms with van der Waals surface area (Å²) in [5, 5.41) is 23.8. The molecule has 9 nitrogen and oxygen atoms in total. The maximum absolute atomic E-state index is 13.9. The summed E-state index contributed by atoms with van der Waals surface area (Å²) in [6.07, 6.45) is 12.1. The largest absolute Gasteiger partial charge is 0.493 e. The Morgan fingerprint density at radius 1 is 1.10 bits per heavy atom. The van der Waals surface area contributed by atoms with Crippen molar-refractivity contribution in [3.05, 3.63) is 32.9 Å². The maximum Gasteiger partial charge on any atom is 0.247 e. The zero-order chi connectivity index (χ0) is 30.1. The van der Waals surface area contributed by atoms with Gasteiger partial charge in [-0.2, -0.15) is 0 Å². The SMILES string of the molecule is COc1cc(C=O)cc(I)c1O[C@H]1C=C(C(=O)NCCO)C[C@@H](N(CC2CCCCC2)C(=O)CCC2CCCC2)[C@@H]1O. The molecule has 4 rings (SSSR count). The van der Waals surface area contributed by atoms with Crippen molar-refractivity contribution < 1.29 is 34.1 Å². The average Bonchev–Trinajstić information content (AvgIpc) is 3.53. The van der Waals surface area contributed by atoms with Gasteiger partial charge in [-0.05, 0) is 71.9 Å². The van der Waals surface area contributed by atoms with Crippen LogP contribution in [0, 0.1) is 15.4 Å². The first-order valence-corrected chi connectivity index (χ1v) is 16.5. The fraction of sp³-hybridized carbons (Fsp3) is 0.656. The van der Waals surface area contributed by atoms with E-state index in [9.17, 15) is 24.6 Å². The summed E-state index contributed by atoms with van der Waals surface area (Å²) in [6, 6.07) is 2.59. The lowest BCUT2D eigenvalue weighted by atomic mass is 9.85. The molecule has 0 aromatic heterocycles. The van der Waals surface area contributed by atoms with Crippen LogP contribution in [-0.4, -0.2) is 78.3 Å². The van der Waals surface area contributed by atoms with Gasteiger partial charge in [-0.15, -0.1) is 0 Å². The summed E-state index contributed by atoms with van der Waals surface area (Å²) < 4.78 is 12.5. The molecule has 1 aromatic carbocycles. The maximum atomic E-state index is 13.9. The molecule has 3 N–H and O–H groups in total. The van der Waals surface area contributed by atoms with E-state index in [0.717, 1.165) is 38.4 Å². The van der Waals surface area contributed by atoms with E-state index >= 15 is 0 Å². The van der Waals surface area contributed by atoms with Crippen LogP contribution in [0.4, 0.5) is 0 Å². The minimum Gasteiger partial charge on any atom is -0.493 e. The molecule has 232 valence electrons. The molecule has 0 unspecified atom stereocenters. The van der Waals surface area contributed by atoms with Gasteiger partial charge in [-0.25, -0.2) is 0 Å². The second-order valence-electron chi connectivity index (χ2n) is 11.9. The summed E-state index contributed by atoms with van der Waals surface area (Å²) in [7, 11) is 1.48.